The lowest BCUT2D eigenvalue weighted by atomic mass is 10.1. The molecule has 0 N–H and O–H groups in total. The van der Waals surface area contributed by atoms with Crippen molar-refractivity contribution >= 4 is 14.1 Å². The summed E-state index contributed by atoms with van der Waals surface area (Å²) >= 11 is 0. The molecule has 0 amide bonds. The van der Waals surface area contributed by atoms with E-state index in [1.54, 1.807) is 19.6 Å². The average Bonchev–Trinajstić information content (AvgIpc) is 3.00. The number of hydrogen-bond donors (Lipinski definition) is 0. The first-order valence-electron chi connectivity index (χ1n) is 8.86. The number of carbonyl (C=O) groups excluding carboxylic acids is 1. The Kier molecular flexibility index (Phi) is 5.11. The summed E-state index contributed by atoms with van der Waals surface area (Å²) in [5, 5.41) is 3.56. The molecule has 0 fully saturated rings. The van der Waals surface area contributed by atoms with Crippen molar-refractivity contribution in [1.82, 2.24) is 19.7 Å². The molecule has 142 valence electrons. The SMILES string of the molecule is [2H]C([2H])([C@H](C)O[Si](C)(C)C)n1ncc(C(=O)Cc2ncccn2)c1C(F)(F)F. The lowest BCUT2D eigenvalue weighted by Crippen LogP contribution is -2.34. The number of Topliss-reactive ketones (excluding diaryl/α,β-unsaturated/α-hetero) is 1. The highest BCUT2D eigenvalue weighted by Gasteiger charge is 2.40. The monoisotopic (exact) mass is 388 g/mol. The van der Waals surface area contributed by atoms with Crippen LogP contribution in [-0.2, 0) is 23.5 Å². The highest BCUT2D eigenvalue weighted by atomic mass is 28.4. The highest BCUT2D eigenvalue weighted by Crippen LogP contribution is 2.33. The molecule has 2 aromatic rings. The minimum Gasteiger partial charge on any atom is -0.413 e. The van der Waals surface area contributed by atoms with Gasteiger partial charge in [-0.25, -0.2) is 9.97 Å². The van der Waals surface area contributed by atoms with Gasteiger partial charge in [0.15, 0.2) is 19.8 Å². The highest BCUT2D eigenvalue weighted by molar-refractivity contribution is 6.69. The molecule has 0 spiro atoms. The Balaban J connectivity index is 2.46. The van der Waals surface area contributed by atoms with Crippen molar-refractivity contribution in [3.63, 3.8) is 0 Å². The van der Waals surface area contributed by atoms with Crippen molar-refractivity contribution in [1.29, 1.82) is 0 Å². The first kappa shape index (κ1) is 17.3. The molecular weight excluding hydrogens is 365 g/mol. The Morgan fingerprint density at radius 3 is 2.50 bits per heavy atom. The largest absolute Gasteiger partial charge is 0.433 e. The summed E-state index contributed by atoms with van der Waals surface area (Å²) in [5.41, 5.74) is -2.19. The molecule has 2 heterocycles. The predicted molar refractivity (Wildman–Crippen MR) is 91.2 cm³/mol. The van der Waals surface area contributed by atoms with Crippen LogP contribution in [0.3, 0.4) is 0 Å². The number of hydrogen-bond acceptors (Lipinski definition) is 5. The molecule has 0 aliphatic carbocycles. The molecule has 2 rings (SSSR count). The fourth-order valence-electron chi connectivity index (χ4n) is 2.31. The van der Waals surface area contributed by atoms with Crippen LogP contribution in [0.5, 0.6) is 0 Å². The van der Waals surface area contributed by atoms with Gasteiger partial charge in [0.05, 0.1) is 33.5 Å². The van der Waals surface area contributed by atoms with Gasteiger partial charge in [-0.15, -0.1) is 0 Å². The molecule has 10 heteroatoms. The summed E-state index contributed by atoms with van der Waals surface area (Å²) in [6.45, 7) is 4.11. The second kappa shape index (κ2) is 7.66. The van der Waals surface area contributed by atoms with Crippen LogP contribution >= 0.6 is 0 Å². The number of halogens is 3. The van der Waals surface area contributed by atoms with Crippen molar-refractivity contribution < 1.29 is 25.1 Å². The van der Waals surface area contributed by atoms with Crippen LogP contribution in [0.15, 0.2) is 24.7 Å². The maximum Gasteiger partial charge on any atom is 0.433 e. The lowest BCUT2D eigenvalue weighted by molar-refractivity contribution is -0.145. The van der Waals surface area contributed by atoms with E-state index >= 15 is 0 Å². The molecule has 0 aliphatic heterocycles. The molecular formula is C16H21F3N4O2Si. The standard InChI is InChI=1S/C16H21F3N4O2Si/c1-11(25-26(2,3)4)10-23-15(16(17,18)19)12(9-22-23)13(24)8-14-20-6-5-7-21-14/h5-7,9,11H,8,10H2,1-4H3/t11-/m0/s1/i10D2. The maximum absolute atomic E-state index is 13.7. The number of ketones is 1. The van der Waals surface area contributed by atoms with Crippen LogP contribution in [0.2, 0.25) is 19.6 Å². The van der Waals surface area contributed by atoms with E-state index in [0.717, 1.165) is 6.20 Å². The lowest BCUT2D eigenvalue weighted by Gasteiger charge is -2.24. The second-order valence-electron chi connectivity index (χ2n) is 6.58. The smallest absolute Gasteiger partial charge is 0.413 e. The van der Waals surface area contributed by atoms with Crippen LogP contribution in [0.1, 0.15) is 31.5 Å². The number of nitrogens with zero attached hydrogens (tertiary/aromatic N) is 4. The van der Waals surface area contributed by atoms with E-state index in [1.807, 2.05) is 0 Å². The minimum absolute atomic E-state index is 0.0619. The summed E-state index contributed by atoms with van der Waals surface area (Å²) in [4.78, 5) is 20.1. The van der Waals surface area contributed by atoms with Gasteiger partial charge in [-0.2, -0.15) is 18.3 Å². The molecule has 0 saturated carbocycles. The van der Waals surface area contributed by atoms with Gasteiger partial charge in [-0.05, 0) is 32.6 Å². The van der Waals surface area contributed by atoms with Crippen molar-refractivity contribution in [3.05, 3.63) is 41.7 Å². The van der Waals surface area contributed by atoms with Gasteiger partial charge in [0.25, 0.3) is 0 Å². The van der Waals surface area contributed by atoms with Crippen LogP contribution in [0, 0.1) is 0 Å². The first-order chi connectivity index (χ1) is 12.7. The normalized spacial score (nSPS) is 15.3. The van der Waals surface area contributed by atoms with Crippen LogP contribution in [0.4, 0.5) is 13.2 Å². The maximum atomic E-state index is 13.7. The fourth-order valence-corrected chi connectivity index (χ4v) is 3.43. The number of carbonyl (C=O) groups is 1. The summed E-state index contributed by atoms with van der Waals surface area (Å²) in [6, 6.07) is 1.52. The van der Waals surface area contributed by atoms with E-state index < -0.39 is 50.6 Å². The third-order valence-corrected chi connectivity index (χ3v) is 4.17. The molecule has 0 aromatic carbocycles. The van der Waals surface area contributed by atoms with Crippen LogP contribution in [-0.4, -0.2) is 40.0 Å². The van der Waals surface area contributed by atoms with E-state index in [2.05, 4.69) is 15.1 Å². The second-order valence-corrected chi connectivity index (χ2v) is 11.0. The molecule has 0 unspecified atom stereocenters. The van der Waals surface area contributed by atoms with Crippen LogP contribution in [0.25, 0.3) is 0 Å². The van der Waals surface area contributed by atoms with Gasteiger partial charge < -0.3 is 4.43 Å². The van der Waals surface area contributed by atoms with E-state index in [1.165, 1.54) is 25.4 Å². The Morgan fingerprint density at radius 1 is 1.35 bits per heavy atom. The zero-order chi connectivity index (χ0) is 21.3. The number of aromatic nitrogens is 4. The van der Waals surface area contributed by atoms with Gasteiger partial charge in [0.1, 0.15) is 5.82 Å². The fraction of sp³-hybridized carbons (Fsp3) is 0.500. The Hall–Kier alpha value is -2.07. The third-order valence-electron chi connectivity index (χ3n) is 3.11. The zero-order valence-corrected chi connectivity index (χ0v) is 15.8. The summed E-state index contributed by atoms with van der Waals surface area (Å²) in [5.74, 6) is -0.842. The number of rotatable bonds is 7. The van der Waals surface area contributed by atoms with Gasteiger partial charge in [-0.3, -0.25) is 9.48 Å². The summed E-state index contributed by atoms with van der Waals surface area (Å²) in [7, 11) is -2.24. The van der Waals surface area contributed by atoms with E-state index in [9.17, 15) is 18.0 Å². The zero-order valence-electron chi connectivity index (χ0n) is 16.8. The number of alkyl halides is 3. The van der Waals surface area contributed by atoms with E-state index in [0.29, 0.717) is 0 Å². The summed E-state index contributed by atoms with van der Waals surface area (Å²) in [6.07, 6.45) is -3.19. The molecule has 6 nitrogen and oxygen atoms in total. The van der Waals surface area contributed by atoms with Crippen LogP contribution < -0.4 is 0 Å². The minimum atomic E-state index is -4.99. The molecule has 0 radical (unpaired) electrons. The molecule has 0 saturated heterocycles. The quantitative estimate of drug-likeness (QED) is 0.537. The van der Waals surface area contributed by atoms with Gasteiger partial charge >= 0.3 is 6.18 Å². The average molecular weight is 388 g/mol. The molecule has 2 aromatic heterocycles. The van der Waals surface area contributed by atoms with Crippen molar-refractivity contribution in [3.8, 4) is 0 Å². The van der Waals surface area contributed by atoms with Gasteiger partial charge in [0.2, 0.25) is 0 Å². The van der Waals surface area contributed by atoms with Crippen molar-refractivity contribution in [2.24, 2.45) is 0 Å². The van der Waals surface area contributed by atoms with Crippen molar-refractivity contribution in [2.75, 3.05) is 0 Å². The molecule has 0 bridgehead atoms. The van der Waals surface area contributed by atoms with E-state index in [-0.39, 0.29) is 10.5 Å². The molecule has 0 aliphatic rings. The van der Waals surface area contributed by atoms with E-state index in [4.69, 9.17) is 7.17 Å². The topological polar surface area (TPSA) is 69.9 Å². The Labute approximate surface area is 153 Å². The molecule has 1 atom stereocenters. The summed E-state index contributed by atoms with van der Waals surface area (Å²) < 4.78 is 63.4. The Morgan fingerprint density at radius 2 is 1.96 bits per heavy atom. The van der Waals surface area contributed by atoms with Gasteiger partial charge in [0, 0.05) is 12.4 Å². The first-order valence-corrected chi connectivity index (χ1v) is 11.3. The third kappa shape index (κ3) is 5.46. The molecule has 26 heavy (non-hydrogen) atoms. The van der Waals surface area contributed by atoms with Crippen molar-refractivity contribution in [2.45, 2.75) is 51.8 Å². The predicted octanol–water partition coefficient (Wildman–Crippen LogP) is 3.36. The van der Waals surface area contributed by atoms with Gasteiger partial charge in [-0.1, -0.05) is 0 Å². The Bertz CT molecular complexity index is 839.